The highest BCUT2D eigenvalue weighted by atomic mass is 16.5. The van der Waals surface area contributed by atoms with Crippen molar-refractivity contribution in [1.82, 2.24) is 14.8 Å². The number of anilines is 1. The van der Waals surface area contributed by atoms with Crippen molar-refractivity contribution < 1.29 is 9.53 Å². The van der Waals surface area contributed by atoms with Crippen LogP contribution >= 0.6 is 0 Å². The average Bonchev–Trinajstić information content (AvgIpc) is 3.27. The molecule has 4 aromatic rings. The topological polar surface area (TPSA) is 92.8 Å². The second-order valence-corrected chi connectivity index (χ2v) is 8.59. The molecule has 7 heteroatoms. The standard InChI is InChI=1S/C28H29N5O2/c1-4-5-6-7-15-35-23-13-11-21(12-14-23)28(34)32-27-22(17-29)18-30-33(27)25-16-20(3)24-10-8-9-19(2)26(24)31-25/h8-14,16,18H,4-7,15H2,1-3H3,(H,32,34). The molecule has 2 aromatic carbocycles. The molecule has 0 fully saturated rings. The van der Waals surface area contributed by atoms with E-state index in [1.807, 2.05) is 38.1 Å². The third-order valence-corrected chi connectivity index (χ3v) is 5.96. The first-order chi connectivity index (χ1) is 17.0. The van der Waals surface area contributed by atoms with Crippen molar-refractivity contribution in [1.29, 1.82) is 5.26 Å². The summed E-state index contributed by atoms with van der Waals surface area (Å²) < 4.78 is 7.27. The summed E-state index contributed by atoms with van der Waals surface area (Å²) in [4.78, 5) is 17.8. The molecule has 1 N–H and O–H groups in total. The van der Waals surface area contributed by atoms with Gasteiger partial charge in [0.2, 0.25) is 0 Å². The van der Waals surface area contributed by atoms with Crippen molar-refractivity contribution in [3.63, 3.8) is 0 Å². The maximum atomic E-state index is 13.0. The van der Waals surface area contributed by atoms with Gasteiger partial charge in [-0.15, -0.1) is 0 Å². The van der Waals surface area contributed by atoms with Crippen LogP contribution in [0, 0.1) is 25.2 Å². The minimum Gasteiger partial charge on any atom is -0.494 e. The number of carbonyl (C=O) groups is 1. The number of rotatable bonds is 9. The van der Waals surface area contributed by atoms with E-state index in [1.54, 1.807) is 24.3 Å². The Morgan fingerprint density at radius 3 is 2.63 bits per heavy atom. The summed E-state index contributed by atoms with van der Waals surface area (Å²) in [5.41, 5.74) is 3.65. The first-order valence-electron chi connectivity index (χ1n) is 11.9. The average molecular weight is 468 g/mol. The summed E-state index contributed by atoms with van der Waals surface area (Å²) in [7, 11) is 0. The lowest BCUT2D eigenvalue weighted by Crippen LogP contribution is -2.16. The highest BCUT2D eigenvalue weighted by Gasteiger charge is 2.18. The molecular weight excluding hydrogens is 438 g/mol. The summed E-state index contributed by atoms with van der Waals surface area (Å²) in [6, 6.07) is 17.0. The second-order valence-electron chi connectivity index (χ2n) is 8.59. The van der Waals surface area contributed by atoms with E-state index in [9.17, 15) is 10.1 Å². The molecule has 0 saturated heterocycles. The molecule has 178 valence electrons. The largest absolute Gasteiger partial charge is 0.494 e. The fraction of sp³-hybridized carbons (Fsp3) is 0.286. The van der Waals surface area contributed by atoms with E-state index >= 15 is 0 Å². The highest BCUT2D eigenvalue weighted by Crippen LogP contribution is 2.26. The maximum absolute atomic E-state index is 13.0. The smallest absolute Gasteiger partial charge is 0.256 e. The van der Waals surface area contributed by atoms with Gasteiger partial charge in [-0.05, 0) is 61.7 Å². The molecule has 0 saturated carbocycles. The van der Waals surface area contributed by atoms with Gasteiger partial charge in [0.1, 0.15) is 17.4 Å². The normalized spacial score (nSPS) is 10.8. The third-order valence-electron chi connectivity index (χ3n) is 5.96. The van der Waals surface area contributed by atoms with E-state index in [2.05, 4.69) is 23.4 Å². The SMILES string of the molecule is CCCCCCOc1ccc(C(=O)Nc2c(C#N)cnn2-c2cc(C)c3cccc(C)c3n2)cc1. The van der Waals surface area contributed by atoms with Crippen LogP contribution in [0.1, 0.15) is 59.7 Å². The van der Waals surface area contributed by atoms with Crippen molar-refractivity contribution in [3.8, 4) is 17.6 Å². The van der Waals surface area contributed by atoms with Crippen LogP contribution < -0.4 is 10.1 Å². The molecule has 0 aliphatic carbocycles. The van der Waals surface area contributed by atoms with Crippen LogP contribution in [0.5, 0.6) is 5.75 Å². The summed E-state index contributed by atoms with van der Waals surface area (Å²) in [5, 5.41) is 17.9. The summed E-state index contributed by atoms with van der Waals surface area (Å²) in [5.74, 6) is 1.21. The minimum atomic E-state index is -0.341. The molecule has 0 atom stereocenters. The number of ether oxygens (including phenoxy) is 1. The van der Waals surface area contributed by atoms with Crippen molar-refractivity contribution in [3.05, 3.63) is 77.0 Å². The highest BCUT2D eigenvalue weighted by molar-refractivity contribution is 6.04. The van der Waals surface area contributed by atoms with Gasteiger partial charge in [-0.3, -0.25) is 4.79 Å². The zero-order valence-corrected chi connectivity index (χ0v) is 20.3. The Balaban J connectivity index is 1.55. The van der Waals surface area contributed by atoms with Crippen LogP contribution in [0.4, 0.5) is 5.82 Å². The Labute approximate surface area is 205 Å². The first kappa shape index (κ1) is 24.0. The number of carbonyl (C=O) groups excluding carboxylic acids is 1. The second kappa shape index (κ2) is 10.8. The van der Waals surface area contributed by atoms with Crippen molar-refractivity contribution in [2.75, 3.05) is 11.9 Å². The fourth-order valence-corrected chi connectivity index (χ4v) is 3.98. The van der Waals surface area contributed by atoms with Crippen LogP contribution in [0.25, 0.3) is 16.7 Å². The lowest BCUT2D eigenvalue weighted by atomic mass is 10.1. The molecule has 0 unspecified atom stereocenters. The zero-order valence-electron chi connectivity index (χ0n) is 20.3. The van der Waals surface area contributed by atoms with Gasteiger partial charge in [0.05, 0.1) is 18.3 Å². The van der Waals surface area contributed by atoms with Crippen LogP contribution in [0.3, 0.4) is 0 Å². The van der Waals surface area contributed by atoms with Crippen LogP contribution in [-0.2, 0) is 0 Å². The Bertz CT molecular complexity index is 1380. The number of fused-ring (bicyclic) bond motifs is 1. The number of nitriles is 1. The van der Waals surface area contributed by atoms with E-state index in [0.29, 0.717) is 18.0 Å². The van der Waals surface area contributed by atoms with Crippen LogP contribution in [-0.4, -0.2) is 27.3 Å². The van der Waals surface area contributed by atoms with E-state index in [0.717, 1.165) is 40.6 Å². The minimum absolute atomic E-state index is 0.259. The van der Waals surface area contributed by atoms with Gasteiger partial charge in [-0.1, -0.05) is 44.4 Å². The van der Waals surface area contributed by atoms with Gasteiger partial charge in [-0.25, -0.2) is 4.98 Å². The number of aromatic nitrogens is 3. The van der Waals surface area contributed by atoms with E-state index < -0.39 is 0 Å². The summed E-state index contributed by atoms with van der Waals surface area (Å²) in [6.07, 6.45) is 5.99. The number of para-hydroxylation sites is 1. The Hall–Kier alpha value is -4.18. The number of nitrogens with one attached hydrogen (secondary N) is 1. The molecule has 0 bridgehead atoms. The molecule has 4 rings (SSSR count). The number of hydrogen-bond acceptors (Lipinski definition) is 5. The Morgan fingerprint density at radius 2 is 1.89 bits per heavy atom. The zero-order chi connectivity index (χ0) is 24.8. The molecule has 2 heterocycles. The lowest BCUT2D eigenvalue weighted by molar-refractivity contribution is 0.102. The monoisotopic (exact) mass is 467 g/mol. The molecule has 0 spiro atoms. The van der Waals surface area contributed by atoms with Gasteiger partial charge in [0.15, 0.2) is 11.6 Å². The number of pyridine rings is 1. The molecule has 7 nitrogen and oxygen atoms in total. The van der Waals surface area contributed by atoms with Gasteiger partial charge in [-0.2, -0.15) is 15.0 Å². The molecule has 0 aliphatic rings. The summed E-state index contributed by atoms with van der Waals surface area (Å²) >= 11 is 0. The predicted molar refractivity (Wildman–Crippen MR) is 137 cm³/mol. The molecule has 1 amide bonds. The molecule has 0 radical (unpaired) electrons. The number of nitrogens with zero attached hydrogens (tertiary/aromatic N) is 4. The van der Waals surface area contributed by atoms with E-state index in [-0.39, 0.29) is 17.3 Å². The predicted octanol–water partition coefficient (Wildman–Crippen LogP) is 6.12. The first-order valence-corrected chi connectivity index (χ1v) is 11.9. The van der Waals surface area contributed by atoms with Gasteiger partial charge in [0, 0.05) is 10.9 Å². The summed E-state index contributed by atoms with van der Waals surface area (Å²) in [6.45, 7) is 6.85. The number of unbranched alkanes of at least 4 members (excludes halogenated alkanes) is 3. The Morgan fingerprint density at radius 1 is 1.09 bits per heavy atom. The van der Waals surface area contributed by atoms with Crippen LogP contribution in [0.15, 0.2) is 54.7 Å². The number of benzene rings is 2. The third kappa shape index (κ3) is 5.33. The molecular formula is C28H29N5O2. The quantitative estimate of drug-likeness (QED) is 0.299. The number of hydrogen-bond donors (Lipinski definition) is 1. The molecule has 2 aromatic heterocycles. The molecule has 35 heavy (non-hydrogen) atoms. The van der Waals surface area contributed by atoms with E-state index in [4.69, 9.17) is 9.72 Å². The lowest BCUT2D eigenvalue weighted by Gasteiger charge is -2.12. The van der Waals surface area contributed by atoms with Crippen LogP contribution in [0.2, 0.25) is 0 Å². The van der Waals surface area contributed by atoms with Crippen molar-refractivity contribution >= 4 is 22.6 Å². The molecule has 0 aliphatic heterocycles. The van der Waals surface area contributed by atoms with Crippen molar-refractivity contribution in [2.24, 2.45) is 0 Å². The number of amides is 1. The Kier molecular flexibility index (Phi) is 7.41. The van der Waals surface area contributed by atoms with E-state index in [1.165, 1.54) is 23.7 Å². The van der Waals surface area contributed by atoms with Gasteiger partial charge >= 0.3 is 0 Å². The van der Waals surface area contributed by atoms with Crippen molar-refractivity contribution in [2.45, 2.75) is 46.5 Å². The van der Waals surface area contributed by atoms with Gasteiger partial charge in [0.25, 0.3) is 5.91 Å². The van der Waals surface area contributed by atoms with Gasteiger partial charge < -0.3 is 10.1 Å². The maximum Gasteiger partial charge on any atom is 0.256 e. The fourth-order valence-electron chi connectivity index (χ4n) is 3.98. The number of aryl methyl sites for hydroxylation is 2.